The van der Waals surface area contributed by atoms with E-state index in [2.05, 4.69) is 10.6 Å². The Hall–Kier alpha value is -3.68. The molecule has 2 heterocycles. The molecule has 0 aromatic heterocycles. The fourth-order valence-electron chi connectivity index (χ4n) is 4.84. The molecule has 2 N–H and O–H groups in total. The van der Waals surface area contributed by atoms with E-state index in [-0.39, 0.29) is 5.91 Å². The van der Waals surface area contributed by atoms with Gasteiger partial charge in [0.1, 0.15) is 17.6 Å². The summed E-state index contributed by atoms with van der Waals surface area (Å²) in [6, 6.07) is 13.9. The van der Waals surface area contributed by atoms with E-state index in [9.17, 15) is 19.2 Å². The monoisotopic (exact) mass is 418 g/mol. The number of amides is 5. The first-order chi connectivity index (χ1) is 14.8. The van der Waals surface area contributed by atoms with Crippen molar-refractivity contribution < 1.29 is 19.2 Å². The van der Waals surface area contributed by atoms with Crippen molar-refractivity contribution in [2.24, 2.45) is 0 Å². The lowest BCUT2D eigenvalue weighted by Gasteiger charge is -2.42. The van der Waals surface area contributed by atoms with Crippen LogP contribution < -0.4 is 15.5 Å². The number of nitrogens with zero attached hydrogens (tertiary/aromatic N) is 2. The Balaban J connectivity index is 1.47. The van der Waals surface area contributed by atoms with Crippen molar-refractivity contribution >= 4 is 35.1 Å². The second-order valence-electron chi connectivity index (χ2n) is 8.64. The van der Waals surface area contributed by atoms with Crippen LogP contribution in [0.15, 0.2) is 48.5 Å². The number of urea groups is 1. The van der Waals surface area contributed by atoms with Crippen molar-refractivity contribution in [2.75, 3.05) is 16.8 Å². The summed E-state index contributed by atoms with van der Waals surface area (Å²) in [7, 11) is 0. The lowest BCUT2D eigenvalue weighted by molar-refractivity contribution is -0.135. The minimum Gasteiger partial charge on any atom is -0.322 e. The summed E-state index contributed by atoms with van der Waals surface area (Å²) in [5.74, 6) is -1.26. The van der Waals surface area contributed by atoms with Crippen molar-refractivity contribution in [1.29, 1.82) is 0 Å². The van der Waals surface area contributed by atoms with E-state index >= 15 is 0 Å². The standard InChI is InChI=1S/C23H22N4O4/c1-22(2)19(29)24-16-9-5-6-10-17(16)27(22)18(28)13-26-20(30)23(25-21(26)31)12-11-14-7-3-4-8-15(14)23/h3-10H,11-13H2,1-2H3,(H,24,29)(H,25,31)/t23-/m1/s1. The van der Waals surface area contributed by atoms with Gasteiger partial charge in [0.15, 0.2) is 0 Å². The number of aryl methyl sites for hydroxylation is 1. The lowest BCUT2D eigenvalue weighted by atomic mass is 9.92. The van der Waals surface area contributed by atoms with Gasteiger partial charge in [-0.2, -0.15) is 0 Å². The van der Waals surface area contributed by atoms with E-state index in [1.54, 1.807) is 38.1 Å². The summed E-state index contributed by atoms with van der Waals surface area (Å²) in [5.41, 5.74) is 0.547. The van der Waals surface area contributed by atoms with Crippen LogP contribution in [0.3, 0.4) is 0 Å². The van der Waals surface area contributed by atoms with E-state index < -0.39 is 35.5 Å². The number of rotatable bonds is 2. The smallest absolute Gasteiger partial charge is 0.322 e. The van der Waals surface area contributed by atoms with Crippen molar-refractivity contribution in [3.05, 3.63) is 59.7 Å². The predicted molar refractivity (Wildman–Crippen MR) is 113 cm³/mol. The van der Waals surface area contributed by atoms with Crippen molar-refractivity contribution in [3.8, 4) is 0 Å². The summed E-state index contributed by atoms with van der Waals surface area (Å²) in [6.45, 7) is 2.83. The van der Waals surface area contributed by atoms with Gasteiger partial charge >= 0.3 is 6.03 Å². The van der Waals surface area contributed by atoms with Crippen molar-refractivity contribution in [1.82, 2.24) is 10.2 Å². The van der Waals surface area contributed by atoms with Crippen molar-refractivity contribution in [3.63, 3.8) is 0 Å². The number of anilines is 2. The fraction of sp³-hybridized carbons (Fsp3) is 0.304. The van der Waals surface area contributed by atoms with Gasteiger partial charge in [-0.15, -0.1) is 0 Å². The van der Waals surface area contributed by atoms with Crippen LogP contribution >= 0.6 is 0 Å². The molecule has 8 heteroatoms. The third-order valence-electron chi connectivity index (χ3n) is 6.47. The Morgan fingerprint density at radius 1 is 1.03 bits per heavy atom. The number of imide groups is 1. The molecule has 0 unspecified atom stereocenters. The number of hydrogen-bond acceptors (Lipinski definition) is 4. The Morgan fingerprint density at radius 3 is 2.55 bits per heavy atom. The molecule has 0 saturated carbocycles. The largest absolute Gasteiger partial charge is 0.325 e. The molecule has 1 aliphatic carbocycles. The maximum Gasteiger partial charge on any atom is 0.325 e. The quantitative estimate of drug-likeness (QED) is 0.730. The molecule has 2 aromatic rings. The van der Waals surface area contributed by atoms with Crippen LogP contribution in [0.2, 0.25) is 0 Å². The second-order valence-corrected chi connectivity index (χ2v) is 8.64. The van der Waals surface area contributed by atoms with Gasteiger partial charge in [0.2, 0.25) is 11.8 Å². The molecule has 1 spiro atoms. The van der Waals surface area contributed by atoms with E-state index in [1.807, 2.05) is 24.3 Å². The molecule has 31 heavy (non-hydrogen) atoms. The molecule has 0 bridgehead atoms. The van der Waals surface area contributed by atoms with Gasteiger partial charge in [0.25, 0.3) is 5.91 Å². The number of para-hydroxylation sites is 2. The molecule has 5 rings (SSSR count). The van der Waals surface area contributed by atoms with Crippen LogP contribution in [0.4, 0.5) is 16.2 Å². The summed E-state index contributed by atoms with van der Waals surface area (Å²) in [4.78, 5) is 54.5. The molecule has 1 saturated heterocycles. The zero-order valence-corrected chi connectivity index (χ0v) is 17.3. The number of benzene rings is 2. The van der Waals surface area contributed by atoms with E-state index in [0.29, 0.717) is 24.2 Å². The molecule has 1 fully saturated rings. The van der Waals surface area contributed by atoms with Gasteiger partial charge in [0, 0.05) is 0 Å². The van der Waals surface area contributed by atoms with E-state index in [1.165, 1.54) is 4.90 Å². The molecule has 158 valence electrons. The highest BCUT2D eigenvalue weighted by Gasteiger charge is 2.56. The summed E-state index contributed by atoms with van der Waals surface area (Å²) in [6.07, 6.45) is 1.14. The van der Waals surface area contributed by atoms with Crippen LogP contribution in [-0.4, -0.2) is 40.7 Å². The molecule has 3 aliphatic rings. The SMILES string of the molecule is CC1(C)C(=O)Nc2ccccc2N1C(=O)CN1C(=O)N[C@@]2(CCc3ccccc32)C1=O. The normalized spacial score (nSPS) is 23.5. The number of nitrogens with one attached hydrogen (secondary N) is 2. The highest BCUT2D eigenvalue weighted by atomic mass is 16.2. The maximum absolute atomic E-state index is 13.4. The number of carbonyl (C=O) groups is 4. The molecular weight excluding hydrogens is 396 g/mol. The second kappa shape index (κ2) is 6.41. The van der Waals surface area contributed by atoms with Crippen LogP contribution in [0, 0.1) is 0 Å². The molecule has 8 nitrogen and oxygen atoms in total. The van der Waals surface area contributed by atoms with E-state index in [0.717, 1.165) is 16.0 Å². The summed E-state index contributed by atoms with van der Waals surface area (Å²) in [5, 5.41) is 5.63. The van der Waals surface area contributed by atoms with Gasteiger partial charge in [-0.3, -0.25) is 24.2 Å². The average molecular weight is 418 g/mol. The Morgan fingerprint density at radius 2 is 1.74 bits per heavy atom. The first kappa shape index (κ1) is 19.3. The van der Waals surface area contributed by atoms with Crippen LogP contribution in [0.5, 0.6) is 0 Å². The third kappa shape index (κ3) is 2.60. The Kier molecular flexibility index (Phi) is 3.99. The van der Waals surface area contributed by atoms with Gasteiger partial charge in [-0.1, -0.05) is 36.4 Å². The number of hydrogen-bond donors (Lipinski definition) is 2. The molecule has 5 amide bonds. The minimum absolute atomic E-state index is 0.335. The topological polar surface area (TPSA) is 98.8 Å². The van der Waals surface area contributed by atoms with Crippen LogP contribution in [0.1, 0.15) is 31.4 Å². The first-order valence-electron chi connectivity index (χ1n) is 10.2. The fourth-order valence-corrected chi connectivity index (χ4v) is 4.84. The molecular formula is C23H22N4O4. The maximum atomic E-state index is 13.4. The molecule has 0 radical (unpaired) electrons. The van der Waals surface area contributed by atoms with Gasteiger partial charge in [0.05, 0.1) is 11.4 Å². The highest BCUT2D eigenvalue weighted by Crippen LogP contribution is 2.42. The summed E-state index contributed by atoms with van der Waals surface area (Å²) >= 11 is 0. The molecule has 1 atom stereocenters. The van der Waals surface area contributed by atoms with Gasteiger partial charge < -0.3 is 10.6 Å². The van der Waals surface area contributed by atoms with Crippen LogP contribution in [0.25, 0.3) is 0 Å². The zero-order chi connectivity index (χ0) is 22.0. The minimum atomic E-state index is -1.18. The van der Waals surface area contributed by atoms with Crippen molar-refractivity contribution in [2.45, 2.75) is 37.8 Å². The third-order valence-corrected chi connectivity index (χ3v) is 6.47. The zero-order valence-electron chi connectivity index (χ0n) is 17.3. The number of carbonyl (C=O) groups excluding carboxylic acids is 4. The predicted octanol–water partition coefficient (Wildman–Crippen LogP) is 2.14. The van der Waals surface area contributed by atoms with Crippen LogP contribution in [-0.2, 0) is 26.3 Å². The first-order valence-corrected chi connectivity index (χ1v) is 10.2. The van der Waals surface area contributed by atoms with E-state index in [4.69, 9.17) is 0 Å². The molecule has 2 aromatic carbocycles. The average Bonchev–Trinajstić information content (AvgIpc) is 3.22. The Labute approximate surface area is 179 Å². The highest BCUT2D eigenvalue weighted by molar-refractivity contribution is 6.16. The molecule has 2 aliphatic heterocycles. The lowest BCUT2D eigenvalue weighted by Crippen LogP contribution is -2.60. The Bertz CT molecular complexity index is 1160. The van der Waals surface area contributed by atoms with Gasteiger partial charge in [-0.25, -0.2) is 4.79 Å². The number of fused-ring (bicyclic) bond motifs is 3. The summed E-state index contributed by atoms with van der Waals surface area (Å²) < 4.78 is 0. The van der Waals surface area contributed by atoms with Gasteiger partial charge in [-0.05, 0) is 49.9 Å².